The third-order valence-corrected chi connectivity index (χ3v) is 1.59. The highest BCUT2D eigenvalue weighted by atomic mass is 32.1. The van der Waals surface area contributed by atoms with Gasteiger partial charge in [-0.15, -0.1) is 0 Å². The van der Waals surface area contributed by atoms with E-state index in [1.165, 1.54) is 0 Å². The molecule has 0 saturated heterocycles. The molecule has 0 spiro atoms. The van der Waals surface area contributed by atoms with Gasteiger partial charge in [0.25, 0.3) is 0 Å². The maximum atomic E-state index is 11.0. The second kappa shape index (κ2) is 8.83. The molecule has 0 saturated carbocycles. The molecule has 0 aliphatic rings. The second-order valence-corrected chi connectivity index (χ2v) is 3.10. The summed E-state index contributed by atoms with van der Waals surface area (Å²) in [5.74, 6) is 0.0139. The minimum absolute atomic E-state index is 0.0866. The maximum Gasteiger partial charge on any atom is 0.220 e. The lowest BCUT2D eigenvalue weighted by Crippen LogP contribution is -2.28. The number of carbonyl (C=O) groups is 2. The van der Waals surface area contributed by atoms with Gasteiger partial charge < -0.3 is 15.8 Å². The average molecular weight is 220 g/mol. The van der Waals surface area contributed by atoms with E-state index >= 15 is 0 Å². The molecule has 14 heavy (non-hydrogen) atoms. The summed E-state index contributed by atoms with van der Waals surface area (Å²) in [6.07, 6.45) is 0.227. The Hall–Kier alpha value is -0.750. The summed E-state index contributed by atoms with van der Waals surface area (Å²) in [4.78, 5) is 21.3. The average Bonchev–Trinajstić information content (AvgIpc) is 2.14. The lowest BCUT2D eigenvalue weighted by Gasteiger charge is -2.04. The molecule has 0 fully saturated rings. The van der Waals surface area contributed by atoms with Gasteiger partial charge in [0.15, 0.2) is 0 Å². The van der Waals surface area contributed by atoms with Crippen molar-refractivity contribution in [2.75, 3.05) is 25.5 Å². The number of hydrogen-bond acceptors (Lipinski definition) is 4. The Kier molecular flexibility index (Phi) is 8.36. The fourth-order valence-electron chi connectivity index (χ4n) is 0.754. The lowest BCUT2D eigenvalue weighted by molar-refractivity contribution is -0.125. The first-order chi connectivity index (χ1) is 6.66. The van der Waals surface area contributed by atoms with Gasteiger partial charge in [-0.3, -0.25) is 9.59 Å². The first-order valence-electron chi connectivity index (χ1n) is 4.40. The standard InChI is InChI=1S/C8H16N2O3S/c9-7(11)1-2-8(12)10-3-4-13-5-6-14/h14H,1-6H2,(H2,9,11)(H,10,12). The van der Waals surface area contributed by atoms with Crippen LogP contribution in [0.2, 0.25) is 0 Å². The monoisotopic (exact) mass is 220 g/mol. The normalized spacial score (nSPS) is 9.79. The van der Waals surface area contributed by atoms with Crippen molar-refractivity contribution in [3.05, 3.63) is 0 Å². The summed E-state index contributed by atoms with van der Waals surface area (Å²) in [6, 6.07) is 0. The van der Waals surface area contributed by atoms with Crippen LogP contribution in [0.3, 0.4) is 0 Å². The molecule has 0 bridgehead atoms. The van der Waals surface area contributed by atoms with E-state index in [-0.39, 0.29) is 18.7 Å². The van der Waals surface area contributed by atoms with E-state index in [4.69, 9.17) is 10.5 Å². The quantitative estimate of drug-likeness (QED) is 0.374. The molecule has 0 unspecified atom stereocenters. The summed E-state index contributed by atoms with van der Waals surface area (Å²) in [6.45, 7) is 1.48. The molecule has 0 aromatic heterocycles. The molecule has 0 aromatic carbocycles. The molecule has 6 heteroatoms. The van der Waals surface area contributed by atoms with Gasteiger partial charge in [-0.05, 0) is 0 Å². The molecule has 5 nitrogen and oxygen atoms in total. The summed E-state index contributed by atoms with van der Waals surface area (Å²) in [7, 11) is 0. The number of ether oxygens (including phenoxy) is 1. The van der Waals surface area contributed by atoms with Crippen molar-refractivity contribution < 1.29 is 14.3 Å². The number of rotatable bonds is 8. The summed E-state index contributed by atoms with van der Waals surface area (Å²) in [5.41, 5.74) is 4.88. The zero-order valence-electron chi connectivity index (χ0n) is 7.99. The van der Waals surface area contributed by atoms with Gasteiger partial charge >= 0.3 is 0 Å². The molecule has 2 amide bonds. The van der Waals surface area contributed by atoms with Crippen molar-refractivity contribution in [1.82, 2.24) is 5.32 Å². The van der Waals surface area contributed by atoms with Gasteiger partial charge in [-0.1, -0.05) is 0 Å². The van der Waals surface area contributed by atoms with Crippen LogP contribution >= 0.6 is 12.6 Å². The van der Waals surface area contributed by atoms with Gasteiger partial charge in [0, 0.05) is 25.1 Å². The number of nitrogens with one attached hydrogen (secondary N) is 1. The molecular formula is C8H16N2O3S. The summed E-state index contributed by atoms with van der Waals surface area (Å²) < 4.78 is 5.08. The Balaban J connectivity index is 3.22. The molecule has 0 rings (SSSR count). The highest BCUT2D eigenvalue weighted by molar-refractivity contribution is 7.80. The van der Waals surface area contributed by atoms with Crippen LogP contribution in [-0.2, 0) is 14.3 Å². The smallest absolute Gasteiger partial charge is 0.220 e. The molecular weight excluding hydrogens is 204 g/mol. The first kappa shape index (κ1) is 13.2. The van der Waals surface area contributed by atoms with Gasteiger partial charge in [-0.2, -0.15) is 12.6 Å². The Morgan fingerprint density at radius 1 is 1.29 bits per heavy atom. The molecule has 0 aliphatic heterocycles. The van der Waals surface area contributed by atoms with Crippen LogP contribution < -0.4 is 11.1 Å². The highest BCUT2D eigenvalue weighted by Gasteiger charge is 2.02. The molecule has 0 aromatic rings. The van der Waals surface area contributed by atoms with Gasteiger partial charge in [0.2, 0.25) is 11.8 Å². The number of hydrogen-bond donors (Lipinski definition) is 3. The topological polar surface area (TPSA) is 81.4 Å². The van der Waals surface area contributed by atoms with E-state index in [1.807, 2.05) is 0 Å². The third-order valence-electron chi connectivity index (χ3n) is 1.40. The Morgan fingerprint density at radius 2 is 2.00 bits per heavy atom. The van der Waals surface area contributed by atoms with Crippen LogP contribution in [0, 0.1) is 0 Å². The zero-order valence-corrected chi connectivity index (χ0v) is 8.89. The van der Waals surface area contributed by atoms with E-state index in [9.17, 15) is 9.59 Å². The van der Waals surface area contributed by atoms with Crippen molar-refractivity contribution in [2.24, 2.45) is 5.73 Å². The largest absolute Gasteiger partial charge is 0.379 e. The number of amides is 2. The van der Waals surface area contributed by atoms with Crippen LogP contribution in [-0.4, -0.2) is 37.3 Å². The van der Waals surface area contributed by atoms with Crippen molar-refractivity contribution in [2.45, 2.75) is 12.8 Å². The van der Waals surface area contributed by atoms with Crippen molar-refractivity contribution in [1.29, 1.82) is 0 Å². The van der Waals surface area contributed by atoms with E-state index in [1.54, 1.807) is 0 Å². The van der Waals surface area contributed by atoms with Crippen LogP contribution in [0.25, 0.3) is 0 Å². The van der Waals surface area contributed by atoms with Crippen LogP contribution in [0.5, 0.6) is 0 Å². The number of carbonyl (C=O) groups excluding carboxylic acids is 2. The highest BCUT2D eigenvalue weighted by Crippen LogP contribution is 1.86. The molecule has 0 atom stereocenters. The fraction of sp³-hybridized carbons (Fsp3) is 0.750. The van der Waals surface area contributed by atoms with E-state index in [0.717, 1.165) is 0 Å². The van der Waals surface area contributed by atoms with E-state index in [2.05, 4.69) is 17.9 Å². The molecule has 0 radical (unpaired) electrons. The molecule has 82 valence electrons. The Morgan fingerprint density at radius 3 is 2.57 bits per heavy atom. The molecule has 0 aliphatic carbocycles. The summed E-state index contributed by atoms with van der Waals surface area (Å²) >= 11 is 3.96. The first-order valence-corrected chi connectivity index (χ1v) is 5.03. The van der Waals surface area contributed by atoms with Crippen LogP contribution in [0.4, 0.5) is 0 Å². The van der Waals surface area contributed by atoms with Crippen LogP contribution in [0.15, 0.2) is 0 Å². The lowest BCUT2D eigenvalue weighted by atomic mass is 10.3. The molecule has 0 heterocycles. The summed E-state index contributed by atoms with van der Waals surface area (Å²) in [5, 5.41) is 2.60. The second-order valence-electron chi connectivity index (χ2n) is 2.65. The van der Waals surface area contributed by atoms with Gasteiger partial charge in [-0.25, -0.2) is 0 Å². The maximum absolute atomic E-state index is 11.0. The fourth-order valence-corrected chi connectivity index (χ4v) is 0.883. The number of nitrogens with two attached hydrogens (primary N) is 1. The van der Waals surface area contributed by atoms with Crippen molar-refractivity contribution in [3.8, 4) is 0 Å². The van der Waals surface area contributed by atoms with Gasteiger partial charge in [0.1, 0.15) is 0 Å². The minimum Gasteiger partial charge on any atom is -0.379 e. The minimum atomic E-state index is -0.466. The van der Waals surface area contributed by atoms with Crippen molar-refractivity contribution in [3.63, 3.8) is 0 Å². The Bertz CT molecular complexity index is 187. The van der Waals surface area contributed by atoms with E-state index < -0.39 is 5.91 Å². The van der Waals surface area contributed by atoms with Crippen LogP contribution in [0.1, 0.15) is 12.8 Å². The predicted octanol–water partition coefficient (Wildman–Crippen LogP) is -0.686. The third kappa shape index (κ3) is 9.34. The van der Waals surface area contributed by atoms with Gasteiger partial charge in [0.05, 0.1) is 13.2 Å². The number of primary amides is 1. The molecule has 3 N–H and O–H groups in total. The Labute approximate surface area is 88.8 Å². The SMILES string of the molecule is NC(=O)CCC(=O)NCCOCCS. The number of thiol groups is 1. The predicted molar refractivity (Wildman–Crippen MR) is 56.1 cm³/mol. The zero-order chi connectivity index (χ0) is 10.8. The van der Waals surface area contributed by atoms with Crippen molar-refractivity contribution >= 4 is 24.4 Å². The van der Waals surface area contributed by atoms with E-state index in [0.29, 0.717) is 25.5 Å².